The van der Waals surface area contributed by atoms with Gasteiger partial charge >= 0.3 is 0 Å². The summed E-state index contributed by atoms with van der Waals surface area (Å²) in [5.41, 5.74) is 2.14. The van der Waals surface area contributed by atoms with Crippen LogP contribution in [0.2, 0.25) is 0 Å². The van der Waals surface area contributed by atoms with Crippen molar-refractivity contribution < 1.29 is 9.42 Å². The van der Waals surface area contributed by atoms with Gasteiger partial charge in [0.15, 0.2) is 7.87 Å². The molecule has 110 valence electrons. The largest absolute Gasteiger partial charge is 0.641 e. The van der Waals surface area contributed by atoms with Gasteiger partial charge in [-0.3, -0.25) is 0 Å². The van der Waals surface area contributed by atoms with Crippen LogP contribution in [0.25, 0.3) is 0 Å². The van der Waals surface area contributed by atoms with Crippen molar-refractivity contribution in [3.8, 4) is 0 Å². The highest BCUT2D eigenvalue weighted by Gasteiger charge is 2.50. The molecule has 4 heteroatoms. The molecular weight excluding hydrogens is 281 g/mol. The number of nitrogens with zero attached hydrogens (tertiary/aromatic N) is 1. The van der Waals surface area contributed by atoms with Crippen molar-refractivity contribution in [1.82, 2.24) is 4.67 Å². The predicted molar refractivity (Wildman–Crippen MR) is 84.6 cm³/mol. The molecule has 1 saturated heterocycles. The Balaban J connectivity index is 1.84. The molecule has 1 unspecified atom stereocenters. The molecule has 0 bridgehead atoms. The van der Waals surface area contributed by atoms with Crippen LogP contribution in [0.5, 0.6) is 0 Å². The Bertz CT molecular complexity index is 592. The molecule has 1 heterocycles. The van der Waals surface area contributed by atoms with Crippen molar-refractivity contribution in [2.45, 2.75) is 25.2 Å². The third-order valence-electron chi connectivity index (χ3n) is 4.14. The second-order valence-electron chi connectivity index (χ2n) is 5.53. The molecule has 1 aliphatic heterocycles. The summed E-state index contributed by atoms with van der Waals surface area (Å²) in [4.78, 5) is 13.2. The summed E-state index contributed by atoms with van der Waals surface area (Å²) < 4.78 is 7.96. The summed E-state index contributed by atoms with van der Waals surface area (Å²) in [7, 11) is -0.927. The zero-order valence-electron chi connectivity index (χ0n) is 12.3. The van der Waals surface area contributed by atoms with Crippen LogP contribution in [0.3, 0.4) is 0 Å². The summed E-state index contributed by atoms with van der Waals surface area (Å²) in [5, 5.41) is 0. The summed E-state index contributed by atoms with van der Waals surface area (Å²) in [6, 6.07) is 20.0. The van der Waals surface area contributed by atoms with Crippen LogP contribution in [0.15, 0.2) is 60.7 Å². The lowest BCUT2D eigenvalue weighted by molar-refractivity contribution is -0.201. The summed E-state index contributed by atoms with van der Waals surface area (Å²) in [6.07, 6.45) is 0.323. The minimum atomic E-state index is -2.83. The Morgan fingerprint density at radius 3 is 2.24 bits per heavy atom. The maximum absolute atomic E-state index is 13.2. The summed E-state index contributed by atoms with van der Waals surface area (Å²) in [6.45, 7) is 2.07. The zero-order valence-corrected chi connectivity index (χ0v) is 13.2. The first-order valence-electron chi connectivity index (χ1n) is 7.20. The van der Waals surface area contributed by atoms with Crippen LogP contribution in [0, 0.1) is 0 Å². The van der Waals surface area contributed by atoms with Gasteiger partial charge in [0, 0.05) is 7.05 Å². The van der Waals surface area contributed by atoms with E-state index >= 15 is 0 Å². The van der Waals surface area contributed by atoms with Crippen LogP contribution >= 0.6 is 7.87 Å². The highest BCUT2D eigenvalue weighted by molar-refractivity contribution is 7.61. The number of hydrogen-bond donors (Lipinski definition) is 0. The second-order valence-corrected chi connectivity index (χ2v) is 7.97. The van der Waals surface area contributed by atoms with Crippen LogP contribution in [-0.4, -0.2) is 17.8 Å². The Kier molecular flexibility index (Phi) is 4.10. The van der Waals surface area contributed by atoms with E-state index in [1.807, 2.05) is 72.4 Å². The first-order chi connectivity index (χ1) is 10.1. The molecular formula is C17H20NO2P. The van der Waals surface area contributed by atoms with E-state index in [2.05, 4.69) is 6.92 Å². The van der Waals surface area contributed by atoms with E-state index in [0.717, 1.165) is 11.1 Å². The van der Waals surface area contributed by atoms with Gasteiger partial charge in [-0.25, -0.2) is 4.52 Å². The molecule has 0 radical (unpaired) electrons. The third-order valence-corrected chi connectivity index (χ3v) is 6.79. The number of rotatable bonds is 3. The van der Waals surface area contributed by atoms with Gasteiger partial charge in [-0.05, 0) is 18.1 Å². The molecule has 0 aromatic heterocycles. The molecule has 2 aromatic rings. The van der Waals surface area contributed by atoms with Gasteiger partial charge in [0.1, 0.15) is 12.3 Å². The molecule has 3 rings (SSSR count). The maximum atomic E-state index is 13.2. The molecule has 1 aliphatic rings. The molecule has 21 heavy (non-hydrogen) atoms. The third kappa shape index (κ3) is 2.88. The van der Waals surface area contributed by atoms with E-state index in [1.54, 1.807) is 0 Å². The summed E-state index contributed by atoms with van der Waals surface area (Å²) in [5.74, 6) is 0. The highest BCUT2D eigenvalue weighted by atomic mass is 31.2. The Labute approximate surface area is 126 Å². The first kappa shape index (κ1) is 14.7. The molecule has 3 atom stereocenters. The fraction of sp³-hybridized carbons (Fsp3) is 0.294. The lowest BCUT2D eigenvalue weighted by Crippen LogP contribution is -2.29. The first-order valence-corrected chi connectivity index (χ1v) is 8.96. The predicted octanol–water partition coefficient (Wildman–Crippen LogP) is 3.40. The van der Waals surface area contributed by atoms with E-state index in [4.69, 9.17) is 4.52 Å². The SMILES string of the molecule is C[C@H]1[C@@H](c2ccccc2)O[P+]([O-])(Cc2ccccc2)N1C. The van der Waals surface area contributed by atoms with E-state index in [-0.39, 0.29) is 12.1 Å². The van der Waals surface area contributed by atoms with Crippen LogP contribution in [-0.2, 0) is 10.7 Å². The molecule has 0 amide bonds. The van der Waals surface area contributed by atoms with Crippen molar-refractivity contribution in [3.05, 3.63) is 71.8 Å². The fourth-order valence-corrected chi connectivity index (χ4v) is 5.21. The van der Waals surface area contributed by atoms with Gasteiger partial charge in [0.25, 0.3) is 0 Å². The molecule has 1 fully saturated rings. The van der Waals surface area contributed by atoms with E-state index in [0.29, 0.717) is 6.16 Å². The van der Waals surface area contributed by atoms with E-state index < -0.39 is 7.87 Å². The van der Waals surface area contributed by atoms with Crippen molar-refractivity contribution in [2.24, 2.45) is 0 Å². The Hall–Kier alpha value is -1.25. The smallest absolute Gasteiger partial charge is 0.179 e. The molecule has 0 aliphatic carbocycles. The normalized spacial score (nSPS) is 29.7. The molecule has 3 nitrogen and oxygen atoms in total. The number of likely N-dealkylation sites (N-methyl/N-ethyl adjacent to an activating group) is 1. The van der Waals surface area contributed by atoms with Crippen molar-refractivity contribution >= 4 is 7.87 Å². The fourth-order valence-electron chi connectivity index (χ4n) is 2.76. The second kappa shape index (κ2) is 5.86. The van der Waals surface area contributed by atoms with Gasteiger partial charge in [0.05, 0.1) is 6.04 Å². The van der Waals surface area contributed by atoms with Crippen molar-refractivity contribution in [2.75, 3.05) is 7.05 Å². The van der Waals surface area contributed by atoms with Gasteiger partial charge in [-0.2, -0.15) is 4.67 Å². The van der Waals surface area contributed by atoms with Gasteiger partial charge in [0.2, 0.25) is 0 Å². The average Bonchev–Trinajstić information content (AvgIpc) is 2.74. The molecule has 0 saturated carbocycles. The van der Waals surface area contributed by atoms with Gasteiger partial charge < -0.3 is 4.89 Å². The van der Waals surface area contributed by atoms with Crippen LogP contribution < -0.4 is 4.89 Å². The minimum absolute atomic E-state index is 0.0990. The number of hydrogen-bond acceptors (Lipinski definition) is 3. The van der Waals surface area contributed by atoms with Crippen LogP contribution in [0.4, 0.5) is 0 Å². The van der Waals surface area contributed by atoms with Gasteiger partial charge in [-0.1, -0.05) is 60.7 Å². The Morgan fingerprint density at radius 1 is 1.05 bits per heavy atom. The quantitative estimate of drug-likeness (QED) is 0.815. The topological polar surface area (TPSA) is 35.5 Å². The lowest BCUT2D eigenvalue weighted by Gasteiger charge is -2.30. The van der Waals surface area contributed by atoms with Gasteiger partial charge in [-0.15, -0.1) is 0 Å². The van der Waals surface area contributed by atoms with Crippen LogP contribution in [0.1, 0.15) is 24.2 Å². The maximum Gasteiger partial charge on any atom is 0.179 e. The summed E-state index contributed by atoms with van der Waals surface area (Å²) >= 11 is 0. The lowest BCUT2D eigenvalue weighted by atomic mass is 10.0. The van der Waals surface area contributed by atoms with E-state index in [1.165, 1.54) is 0 Å². The monoisotopic (exact) mass is 301 g/mol. The highest BCUT2D eigenvalue weighted by Crippen LogP contribution is 2.66. The standard InChI is InChI=1S/C17H20NO2P/c1-14-17(16-11-7-4-8-12-16)20-21(19,18(14)2)13-15-9-5-3-6-10-15/h3-12,14,17H,13H2,1-2H3/t14-,17-,21?/m0/s1. The van der Waals surface area contributed by atoms with E-state index in [9.17, 15) is 4.89 Å². The molecule has 0 spiro atoms. The van der Waals surface area contributed by atoms with Crippen molar-refractivity contribution in [3.63, 3.8) is 0 Å². The average molecular weight is 301 g/mol. The molecule has 2 aromatic carbocycles. The zero-order chi connectivity index (χ0) is 14.9. The Morgan fingerprint density at radius 2 is 1.62 bits per heavy atom. The van der Waals surface area contributed by atoms with Crippen molar-refractivity contribution in [1.29, 1.82) is 0 Å². The molecule has 0 N–H and O–H groups in total. The number of benzene rings is 2. The minimum Gasteiger partial charge on any atom is -0.641 e.